The van der Waals surface area contributed by atoms with Crippen molar-refractivity contribution < 1.29 is 23.0 Å². The van der Waals surface area contributed by atoms with Crippen LogP contribution in [-0.4, -0.2) is 21.2 Å². The van der Waals surface area contributed by atoms with E-state index in [9.17, 15) is 18.3 Å². The number of ether oxygens (including phenoxy) is 1. The van der Waals surface area contributed by atoms with Gasteiger partial charge in [-0.05, 0) is 49.9 Å². The van der Waals surface area contributed by atoms with Gasteiger partial charge in [0.05, 0.1) is 0 Å². The van der Waals surface area contributed by atoms with E-state index in [1.54, 1.807) is 18.3 Å². The molecule has 1 aliphatic rings. The molecule has 0 amide bonds. The Hall–Kier alpha value is -1.73. The van der Waals surface area contributed by atoms with E-state index >= 15 is 0 Å². The first kappa shape index (κ1) is 17.1. The molecular formula is C17H16F3NO2S. The monoisotopic (exact) mass is 355 g/mol. The lowest BCUT2D eigenvalue weighted by molar-refractivity contribution is -0.0390. The number of thioether (sulfide) groups is 1. The summed E-state index contributed by atoms with van der Waals surface area (Å²) in [5.74, 6) is 0.379. The van der Waals surface area contributed by atoms with E-state index in [1.165, 1.54) is 24.4 Å². The number of nitrogens with zero attached hydrogens (tertiary/aromatic N) is 1. The lowest BCUT2D eigenvalue weighted by Gasteiger charge is -2.43. The van der Waals surface area contributed by atoms with Gasteiger partial charge in [-0.15, -0.1) is 0 Å². The molecule has 7 heteroatoms. The third kappa shape index (κ3) is 3.37. The normalized spacial score (nSPS) is 22.6. The SMILES string of the molecule is CC1(C)CC(O)(c2cccnc2)c2cc(SC(F)(F)F)ccc2O1. The molecule has 3 nitrogen and oxygen atoms in total. The molecule has 0 saturated carbocycles. The van der Waals surface area contributed by atoms with Gasteiger partial charge in [0, 0.05) is 34.8 Å². The zero-order valence-corrected chi connectivity index (χ0v) is 13.9. The summed E-state index contributed by atoms with van der Waals surface area (Å²) in [6, 6.07) is 7.56. The summed E-state index contributed by atoms with van der Waals surface area (Å²) in [5, 5.41) is 11.3. The Labute approximate surface area is 141 Å². The van der Waals surface area contributed by atoms with E-state index in [0.29, 0.717) is 16.9 Å². The Bertz CT molecular complexity index is 749. The number of fused-ring (bicyclic) bond motifs is 1. The molecule has 1 aromatic heterocycles. The summed E-state index contributed by atoms with van der Waals surface area (Å²) < 4.78 is 43.9. The maximum atomic E-state index is 12.7. The summed E-state index contributed by atoms with van der Waals surface area (Å²) in [6.45, 7) is 3.66. The quantitative estimate of drug-likeness (QED) is 0.806. The van der Waals surface area contributed by atoms with Crippen molar-refractivity contribution in [1.82, 2.24) is 4.98 Å². The number of benzene rings is 1. The molecule has 2 heterocycles. The van der Waals surface area contributed by atoms with Gasteiger partial charge < -0.3 is 9.84 Å². The van der Waals surface area contributed by atoms with Gasteiger partial charge in [0.15, 0.2) is 0 Å². The van der Waals surface area contributed by atoms with Crippen LogP contribution in [0.3, 0.4) is 0 Å². The summed E-state index contributed by atoms with van der Waals surface area (Å²) in [4.78, 5) is 4.03. The molecule has 1 aliphatic heterocycles. The van der Waals surface area contributed by atoms with Crippen LogP contribution in [0.1, 0.15) is 31.4 Å². The Morgan fingerprint density at radius 3 is 2.62 bits per heavy atom. The van der Waals surface area contributed by atoms with Crippen LogP contribution in [-0.2, 0) is 5.60 Å². The Morgan fingerprint density at radius 1 is 1.25 bits per heavy atom. The zero-order valence-electron chi connectivity index (χ0n) is 13.1. The highest BCUT2D eigenvalue weighted by Crippen LogP contribution is 2.49. The van der Waals surface area contributed by atoms with Crippen LogP contribution < -0.4 is 4.74 Å². The average molecular weight is 355 g/mol. The fourth-order valence-corrected chi connectivity index (χ4v) is 3.61. The van der Waals surface area contributed by atoms with Crippen LogP contribution in [0.4, 0.5) is 13.2 Å². The predicted octanol–water partition coefficient (Wildman–Crippen LogP) is 4.49. The van der Waals surface area contributed by atoms with Gasteiger partial charge in [-0.1, -0.05) is 6.07 Å². The Kier molecular flexibility index (Phi) is 4.04. The molecule has 0 saturated heterocycles. The maximum Gasteiger partial charge on any atom is 0.446 e. The summed E-state index contributed by atoms with van der Waals surface area (Å²) in [7, 11) is 0. The lowest BCUT2D eigenvalue weighted by Crippen LogP contribution is -2.45. The van der Waals surface area contributed by atoms with Crippen molar-refractivity contribution in [2.45, 2.75) is 41.9 Å². The number of hydrogen-bond acceptors (Lipinski definition) is 4. The van der Waals surface area contributed by atoms with Gasteiger partial charge in [-0.3, -0.25) is 4.98 Å². The molecule has 3 rings (SSSR count). The van der Waals surface area contributed by atoms with Gasteiger partial charge in [0.25, 0.3) is 0 Å². The second-order valence-corrected chi connectivity index (χ2v) is 7.48. The van der Waals surface area contributed by atoms with Crippen molar-refractivity contribution in [1.29, 1.82) is 0 Å². The molecule has 0 bridgehead atoms. The Morgan fingerprint density at radius 2 is 2.00 bits per heavy atom. The number of pyridine rings is 1. The number of alkyl halides is 3. The minimum atomic E-state index is -4.39. The van der Waals surface area contributed by atoms with Crippen molar-refractivity contribution in [2.75, 3.05) is 0 Å². The topological polar surface area (TPSA) is 42.4 Å². The van der Waals surface area contributed by atoms with Crippen molar-refractivity contribution in [2.24, 2.45) is 0 Å². The minimum Gasteiger partial charge on any atom is -0.487 e. The van der Waals surface area contributed by atoms with Crippen LogP contribution in [0, 0.1) is 0 Å². The molecule has 0 aliphatic carbocycles. The number of aliphatic hydroxyl groups is 1. The van der Waals surface area contributed by atoms with E-state index in [-0.39, 0.29) is 23.1 Å². The lowest BCUT2D eigenvalue weighted by atomic mass is 9.76. The van der Waals surface area contributed by atoms with Gasteiger partial charge in [0.2, 0.25) is 0 Å². The fraction of sp³-hybridized carbons (Fsp3) is 0.353. The van der Waals surface area contributed by atoms with Crippen molar-refractivity contribution in [3.05, 3.63) is 53.9 Å². The molecular weight excluding hydrogens is 339 g/mol. The van der Waals surface area contributed by atoms with Gasteiger partial charge in [-0.2, -0.15) is 13.2 Å². The second kappa shape index (κ2) is 5.67. The van der Waals surface area contributed by atoms with Crippen LogP contribution >= 0.6 is 11.8 Å². The van der Waals surface area contributed by atoms with Crippen molar-refractivity contribution >= 4 is 11.8 Å². The van der Waals surface area contributed by atoms with E-state index < -0.39 is 16.7 Å². The second-order valence-electron chi connectivity index (χ2n) is 6.35. The van der Waals surface area contributed by atoms with Gasteiger partial charge >= 0.3 is 5.51 Å². The number of halogens is 3. The largest absolute Gasteiger partial charge is 0.487 e. The standard InChI is InChI=1S/C17H16F3NO2S/c1-15(2)10-16(22,11-4-3-7-21-9-11)13-8-12(24-17(18,19)20)5-6-14(13)23-15/h3-9,22H,10H2,1-2H3. The molecule has 0 radical (unpaired) electrons. The van der Waals surface area contributed by atoms with Crippen LogP contribution in [0.25, 0.3) is 0 Å². The van der Waals surface area contributed by atoms with E-state index in [1.807, 2.05) is 13.8 Å². The van der Waals surface area contributed by atoms with Gasteiger partial charge in [-0.25, -0.2) is 0 Å². The third-order valence-corrected chi connectivity index (χ3v) is 4.56. The number of hydrogen-bond donors (Lipinski definition) is 1. The molecule has 2 aromatic rings. The van der Waals surface area contributed by atoms with Crippen LogP contribution in [0.2, 0.25) is 0 Å². The highest BCUT2D eigenvalue weighted by molar-refractivity contribution is 8.00. The summed E-state index contributed by atoms with van der Waals surface area (Å²) in [5.41, 5.74) is -5.68. The van der Waals surface area contributed by atoms with E-state index in [2.05, 4.69) is 4.98 Å². The Balaban J connectivity index is 2.13. The first-order valence-electron chi connectivity index (χ1n) is 7.31. The van der Waals surface area contributed by atoms with Crippen LogP contribution in [0.5, 0.6) is 5.75 Å². The average Bonchev–Trinajstić information content (AvgIpc) is 2.46. The molecule has 1 atom stereocenters. The molecule has 1 N–H and O–H groups in total. The third-order valence-electron chi connectivity index (χ3n) is 3.84. The van der Waals surface area contributed by atoms with Crippen molar-refractivity contribution in [3.8, 4) is 5.75 Å². The predicted molar refractivity (Wildman–Crippen MR) is 84.9 cm³/mol. The minimum absolute atomic E-state index is 0.00636. The first-order valence-corrected chi connectivity index (χ1v) is 8.13. The highest BCUT2D eigenvalue weighted by Gasteiger charge is 2.45. The molecule has 1 aromatic carbocycles. The van der Waals surface area contributed by atoms with Gasteiger partial charge in [0.1, 0.15) is 17.0 Å². The van der Waals surface area contributed by atoms with Crippen molar-refractivity contribution in [3.63, 3.8) is 0 Å². The highest BCUT2D eigenvalue weighted by atomic mass is 32.2. The van der Waals surface area contributed by atoms with Crippen LogP contribution in [0.15, 0.2) is 47.6 Å². The van der Waals surface area contributed by atoms with E-state index in [0.717, 1.165) is 0 Å². The van der Waals surface area contributed by atoms with E-state index in [4.69, 9.17) is 4.74 Å². The molecule has 24 heavy (non-hydrogen) atoms. The molecule has 128 valence electrons. The zero-order chi connectivity index (χ0) is 17.6. The molecule has 0 fully saturated rings. The molecule has 0 spiro atoms. The summed E-state index contributed by atoms with van der Waals surface area (Å²) in [6.07, 6.45) is 3.31. The first-order chi connectivity index (χ1) is 11.1. The molecule has 1 unspecified atom stereocenters. The fourth-order valence-electron chi connectivity index (χ4n) is 3.03. The summed E-state index contributed by atoms with van der Waals surface area (Å²) >= 11 is -0.213. The number of aromatic nitrogens is 1. The number of rotatable bonds is 2. The smallest absolute Gasteiger partial charge is 0.446 e. The maximum absolute atomic E-state index is 12.7.